The van der Waals surface area contributed by atoms with Gasteiger partial charge in [0.05, 0.1) is 17.4 Å². The third-order valence-electron chi connectivity index (χ3n) is 1.79. The van der Waals surface area contributed by atoms with E-state index in [-0.39, 0.29) is 5.54 Å². The molecule has 0 bridgehead atoms. The van der Waals surface area contributed by atoms with Gasteiger partial charge in [-0.2, -0.15) is 5.10 Å². The van der Waals surface area contributed by atoms with Gasteiger partial charge < -0.3 is 5.43 Å². The standard InChI is InChI=1S/C9H16N4/c1-7(12-10)8-5-11-13(6-8)9(2,3)4/h5-6,12H,1,10H2,2-4H3. The van der Waals surface area contributed by atoms with Gasteiger partial charge in [-0.05, 0) is 20.8 Å². The zero-order valence-corrected chi connectivity index (χ0v) is 8.33. The van der Waals surface area contributed by atoms with Gasteiger partial charge in [-0.3, -0.25) is 10.5 Å². The van der Waals surface area contributed by atoms with Gasteiger partial charge >= 0.3 is 0 Å². The van der Waals surface area contributed by atoms with E-state index in [2.05, 4.69) is 37.9 Å². The molecular formula is C9H16N4. The third kappa shape index (κ3) is 2.09. The maximum Gasteiger partial charge on any atom is 0.0583 e. The average Bonchev–Trinajstić information content (AvgIpc) is 2.50. The Labute approximate surface area is 78.4 Å². The molecule has 4 heteroatoms. The molecule has 1 aromatic heterocycles. The Morgan fingerprint density at radius 3 is 2.62 bits per heavy atom. The lowest BCUT2D eigenvalue weighted by Crippen LogP contribution is -2.22. The summed E-state index contributed by atoms with van der Waals surface area (Å²) in [5, 5.41) is 4.22. The normalized spacial score (nSPS) is 11.4. The number of rotatable bonds is 2. The molecule has 13 heavy (non-hydrogen) atoms. The number of aromatic nitrogens is 2. The van der Waals surface area contributed by atoms with Crippen molar-refractivity contribution in [3.05, 3.63) is 24.5 Å². The number of nitrogens with zero attached hydrogens (tertiary/aromatic N) is 2. The van der Waals surface area contributed by atoms with Crippen molar-refractivity contribution in [1.29, 1.82) is 0 Å². The van der Waals surface area contributed by atoms with E-state index >= 15 is 0 Å². The average molecular weight is 180 g/mol. The van der Waals surface area contributed by atoms with Crippen molar-refractivity contribution in [2.24, 2.45) is 5.84 Å². The molecule has 0 fully saturated rings. The van der Waals surface area contributed by atoms with Gasteiger partial charge in [0.1, 0.15) is 0 Å². The van der Waals surface area contributed by atoms with Gasteiger partial charge in [0.15, 0.2) is 0 Å². The molecule has 0 aliphatic heterocycles. The first-order chi connectivity index (χ1) is 5.95. The smallest absolute Gasteiger partial charge is 0.0583 e. The molecule has 1 heterocycles. The summed E-state index contributed by atoms with van der Waals surface area (Å²) in [6, 6.07) is 0. The summed E-state index contributed by atoms with van der Waals surface area (Å²) < 4.78 is 1.88. The SMILES string of the molecule is C=C(NN)c1cnn(C(C)(C)C)c1. The molecule has 1 rings (SSSR count). The van der Waals surface area contributed by atoms with Crippen molar-refractivity contribution in [3.63, 3.8) is 0 Å². The van der Waals surface area contributed by atoms with E-state index in [9.17, 15) is 0 Å². The first-order valence-corrected chi connectivity index (χ1v) is 4.16. The van der Waals surface area contributed by atoms with Crippen LogP contribution in [0.1, 0.15) is 26.3 Å². The van der Waals surface area contributed by atoms with Crippen molar-refractivity contribution >= 4 is 5.70 Å². The summed E-state index contributed by atoms with van der Waals surface area (Å²) in [7, 11) is 0. The topological polar surface area (TPSA) is 55.9 Å². The molecular weight excluding hydrogens is 164 g/mol. The Morgan fingerprint density at radius 2 is 2.23 bits per heavy atom. The van der Waals surface area contributed by atoms with Crippen molar-refractivity contribution < 1.29 is 0 Å². The zero-order chi connectivity index (χ0) is 10.1. The number of hydrazine groups is 1. The van der Waals surface area contributed by atoms with Gasteiger partial charge in [-0.25, -0.2) is 0 Å². The van der Waals surface area contributed by atoms with Crippen molar-refractivity contribution in [1.82, 2.24) is 15.2 Å². The Morgan fingerprint density at radius 1 is 1.62 bits per heavy atom. The minimum absolute atomic E-state index is 0.00682. The van der Waals surface area contributed by atoms with Crippen LogP contribution in [0.25, 0.3) is 5.70 Å². The predicted octanol–water partition coefficient (Wildman–Crippen LogP) is 1.07. The first-order valence-electron chi connectivity index (χ1n) is 4.16. The van der Waals surface area contributed by atoms with Gasteiger partial charge in [0, 0.05) is 11.8 Å². The van der Waals surface area contributed by atoms with Crippen LogP contribution in [0.4, 0.5) is 0 Å². The highest BCUT2D eigenvalue weighted by molar-refractivity contribution is 5.59. The molecule has 0 aliphatic rings. The van der Waals surface area contributed by atoms with E-state index in [4.69, 9.17) is 5.84 Å². The van der Waals surface area contributed by atoms with E-state index in [0.29, 0.717) is 5.70 Å². The van der Waals surface area contributed by atoms with Crippen molar-refractivity contribution in [2.45, 2.75) is 26.3 Å². The second-order valence-corrected chi connectivity index (χ2v) is 3.97. The Balaban J connectivity index is 2.93. The summed E-state index contributed by atoms with van der Waals surface area (Å²) in [5.41, 5.74) is 4.08. The molecule has 0 amide bonds. The molecule has 0 saturated carbocycles. The Kier molecular flexibility index (Phi) is 2.43. The van der Waals surface area contributed by atoms with Crippen LogP contribution in [0.15, 0.2) is 19.0 Å². The van der Waals surface area contributed by atoms with Crippen LogP contribution in [-0.2, 0) is 5.54 Å². The van der Waals surface area contributed by atoms with Gasteiger partial charge in [0.25, 0.3) is 0 Å². The molecule has 0 spiro atoms. The second kappa shape index (κ2) is 3.22. The van der Waals surface area contributed by atoms with E-state index < -0.39 is 0 Å². The van der Waals surface area contributed by atoms with E-state index in [0.717, 1.165) is 5.56 Å². The molecule has 72 valence electrons. The van der Waals surface area contributed by atoms with Gasteiger partial charge in [-0.15, -0.1) is 0 Å². The van der Waals surface area contributed by atoms with Crippen LogP contribution in [-0.4, -0.2) is 9.78 Å². The molecule has 0 radical (unpaired) electrons. The molecule has 0 atom stereocenters. The first kappa shape index (κ1) is 9.80. The number of nitrogens with one attached hydrogen (secondary N) is 1. The van der Waals surface area contributed by atoms with Crippen LogP contribution in [0.5, 0.6) is 0 Å². The van der Waals surface area contributed by atoms with Gasteiger partial charge in [-0.1, -0.05) is 6.58 Å². The lowest BCUT2D eigenvalue weighted by Gasteiger charge is -2.18. The fourth-order valence-electron chi connectivity index (χ4n) is 0.929. The lowest BCUT2D eigenvalue weighted by molar-refractivity contribution is 0.355. The highest BCUT2D eigenvalue weighted by Crippen LogP contribution is 2.15. The number of hydrogen-bond donors (Lipinski definition) is 2. The van der Waals surface area contributed by atoms with Crippen LogP contribution in [0, 0.1) is 0 Å². The summed E-state index contributed by atoms with van der Waals surface area (Å²) >= 11 is 0. The van der Waals surface area contributed by atoms with Crippen LogP contribution >= 0.6 is 0 Å². The minimum Gasteiger partial charge on any atom is -0.324 e. The van der Waals surface area contributed by atoms with Gasteiger partial charge in [0.2, 0.25) is 0 Å². The van der Waals surface area contributed by atoms with Crippen LogP contribution < -0.4 is 11.3 Å². The van der Waals surface area contributed by atoms with E-state index in [1.165, 1.54) is 0 Å². The monoisotopic (exact) mass is 180 g/mol. The third-order valence-corrected chi connectivity index (χ3v) is 1.79. The maximum atomic E-state index is 5.24. The number of hydrogen-bond acceptors (Lipinski definition) is 3. The Bertz CT molecular complexity index is 306. The molecule has 1 aromatic rings. The quantitative estimate of drug-likeness (QED) is 0.529. The summed E-state index contributed by atoms with van der Waals surface area (Å²) in [6.45, 7) is 10.0. The van der Waals surface area contributed by atoms with Crippen molar-refractivity contribution in [3.8, 4) is 0 Å². The van der Waals surface area contributed by atoms with E-state index in [1.54, 1.807) is 6.20 Å². The summed E-state index contributed by atoms with van der Waals surface area (Å²) in [5.74, 6) is 5.24. The number of nitrogens with two attached hydrogens (primary N) is 1. The molecule has 0 saturated heterocycles. The fraction of sp³-hybridized carbons (Fsp3) is 0.444. The highest BCUT2D eigenvalue weighted by atomic mass is 15.3. The zero-order valence-electron chi connectivity index (χ0n) is 8.33. The minimum atomic E-state index is -0.00682. The van der Waals surface area contributed by atoms with Crippen LogP contribution in [0.2, 0.25) is 0 Å². The molecule has 4 nitrogen and oxygen atoms in total. The lowest BCUT2D eigenvalue weighted by atomic mass is 10.1. The molecule has 0 unspecified atom stereocenters. The maximum absolute atomic E-state index is 5.24. The fourth-order valence-corrected chi connectivity index (χ4v) is 0.929. The van der Waals surface area contributed by atoms with Crippen molar-refractivity contribution in [2.75, 3.05) is 0 Å². The predicted molar refractivity (Wildman–Crippen MR) is 53.6 cm³/mol. The van der Waals surface area contributed by atoms with E-state index in [1.807, 2.05) is 10.9 Å². The summed E-state index contributed by atoms with van der Waals surface area (Å²) in [6.07, 6.45) is 3.66. The largest absolute Gasteiger partial charge is 0.324 e. The second-order valence-electron chi connectivity index (χ2n) is 3.97. The molecule has 0 aliphatic carbocycles. The highest BCUT2D eigenvalue weighted by Gasteiger charge is 2.14. The van der Waals surface area contributed by atoms with Crippen LogP contribution in [0.3, 0.4) is 0 Å². The molecule has 0 aromatic carbocycles. The summed E-state index contributed by atoms with van der Waals surface area (Å²) in [4.78, 5) is 0. The molecule has 3 N–H and O–H groups in total. The Hall–Kier alpha value is -1.29.